The van der Waals surface area contributed by atoms with E-state index >= 15 is 0 Å². The highest BCUT2D eigenvalue weighted by Crippen LogP contribution is 2.05. The second-order valence-corrected chi connectivity index (χ2v) is 5.51. The Bertz CT molecular complexity index is 499. The van der Waals surface area contributed by atoms with Crippen LogP contribution in [0.15, 0.2) is 24.5 Å². The third-order valence-corrected chi connectivity index (χ3v) is 3.70. The highest BCUT2D eigenvalue weighted by atomic mass is 15.4. The van der Waals surface area contributed by atoms with E-state index < -0.39 is 0 Å². The summed E-state index contributed by atoms with van der Waals surface area (Å²) in [5, 5.41) is 8.88. The molecule has 1 aliphatic rings. The zero-order chi connectivity index (χ0) is 13.9. The molecule has 0 saturated carbocycles. The van der Waals surface area contributed by atoms with Crippen LogP contribution in [0.1, 0.15) is 11.4 Å². The van der Waals surface area contributed by atoms with Gasteiger partial charge < -0.3 is 0 Å². The topological polar surface area (TPSA) is 42.1 Å². The van der Waals surface area contributed by atoms with Gasteiger partial charge >= 0.3 is 0 Å². The van der Waals surface area contributed by atoms with Gasteiger partial charge in [-0.25, -0.2) is 0 Å². The highest BCUT2D eigenvalue weighted by Gasteiger charge is 2.17. The van der Waals surface area contributed by atoms with Crippen molar-refractivity contribution in [3.8, 4) is 0 Å². The standard InChI is InChI=1S/C14H22N6/c1-13-3-5-19(15-13)11-17-7-9-18(10-8-17)12-20-6-4-14(2)16-20/h3-6H,7-12H2,1-2H3. The highest BCUT2D eigenvalue weighted by molar-refractivity contribution is 4.95. The maximum atomic E-state index is 4.44. The van der Waals surface area contributed by atoms with Gasteiger partial charge in [-0.1, -0.05) is 0 Å². The molecule has 0 N–H and O–H groups in total. The van der Waals surface area contributed by atoms with Crippen LogP contribution in [-0.4, -0.2) is 55.5 Å². The largest absolute Gasteiger partial charge is 0.282 e. The molecule has 0 spiro atoms. The number of aromatic nitrogens is 4. The minimum atomic E-state index is 0.891. The molecule has 1 aliphatic heterocycles. The number of hydrogen-bond donors (Lipinski definition) is 0. The second kappa shape index (κ2) is 5.76. The van der Waals surface area contributed by atoms with Crippen LogP contribution in [0.25, 0.3) is 0 Å². The summed E-state index contributed by atoms with van der Waals surface area (Å²) in [6, 6.07) is 4.10. The molecule has 0 radical (unpaired) electrons. The van der Waals surface area contributed by atoms with E-state index in [9.17, 15) is 0 Å². The van der Waals surface area contributed by atoms with Crippen molar-refractivity contribution in [1.82, 2.24) is 29.4 Å². The molecule has 0 amide bonds. The van der Waals surface area contributed by atoms with Gasteiger partial charge in [0.25, 0.3) is 0 Å². The molecule has 2 aromatic heterocycles. The molecule has 3 rings (SSSR count). The zero-order valence-electron chi connectivity index (χ0n) is 12.2. The van der Waals surface area contributed by atoms with Crippen LogP contribution >= 0.6 is 0 Å². The van der Waals surface area contributed by atoms with Gasteiger partial charge in [0.2, 0.25) is 0 Å². The predicted molar refractivity (Wildman–Crippen MR) is 77.1 cm³/mol. The van der Waals surface area contributed by atoms with Gasteiger partial charge in [-0.2, -0.15) is 10.2 Å². The average Bonchev–Trinajstić information content (AvgIpc) is 3.01. The Hall–Kier alpha value is -1.66. The number of aryl methyl sites for hydroxylation is 2. The number of piperazine rings is 1. The number of hydrogen-bond acceptors (Lipinski definition) is 4. The van der Waals surface area contributed by atoms with Gasteiger partial charge in [0.15, 0.2) is 0 Å². The van der Waals surface area contributed by atoms with Gasteiger partial charge in [-0.3, -0.25) is 19.2 Å². The SMILES string of the molecule is Cc1ccn(CN2CCN(Cn3ccc(C)n3)CC2)n1. The van der Waals surface area contributed by atoms with E-state index in [2.05, 4.69) is 32.1 Å². The Balaban J connectivity index is 1.47. The van der Waals surface area contributed by atoms with Crippen LogP contribution in [0, 0.1) is 13.8 Å². The Kier molecular flexibility index (Phi) is 3.84. The fourth-order valence-corrected chi connectivity index (χ4v) is 2.57. The van der Waals surface area contributed by atoms with E-state index in [1.165, 1.54) is 0 Å². The van der Waals surface area contributed by atoms with Gasteiger partial charge in [0, 0.05) is 38.6 Å². The van der Waals surface area contributed by atoms with Crippen molar-refractivity contribution in [2.45, 2.75) is 27.2 Å². The van der Waals surface area contributed by atoms with Crippen molar-refractivity contribution in [1.29, 1.82) is 0 Å². The molecule has 2 aromatic rings. The lowest BCUT2D eigenvalue weighted by Gasteiger charge is -2.34. The average molecular weight is 274 g/mol. The maximum Gasteiger partial charge on any atom is 0.0929 e. The quantitative estimate of drug-likeness (QED) is 0.832. The monoisotopic (exact) mass is 274 g/mol. The summed E-state index contributed by atoms with van der Waals surface area (Å²) >= 11 is 0. The molecular weight excluding hydrogens is 252 g/mol. The first-order chi connectivity index (χ1) is 9.69. The molecule has 0 aliphatic carbocycles. The minimum absolute atomic E-state index is 0.891. The van der Waals surface area contributed by atoms with Gasteiger partial charge in [-0.15, -0.1) is 0 Å². The van der Waals surface area contributed by atoms with Crippen LogP contribution < -0.4 is 0 Å². The van der Waals surface area contributed by atoms with Crippen molar-refractivity contribution >= 4 is 0 Å². The van der Waals surface area contributed by atoms with Crippen molar-refractivity contribution < 1.29 is 0 Å². The van der Waals surface area contributed by atoms with E-state index in [-0.39, 0.29) is 0 Å². The van der Waals surface area contributed by atoms with E-state index in [1.54, 1.807) is 0 Å². The summed E-state index contributed by atoms with van der Waals surface area (Å²) in [4.78, 5) is 4.88. The van der Waals surface area contributed by atoms with Gasteiger partial charge in [-0.05, 0) is 26.0 Å². The van der Waals surface area contributed by atoms with Crippen molar-refractivity contribution in [2.75, 3.05) is 26.2 Å². The van der Waals surface area contributed by atoms with Crippen LogP contribution in [0.2, 0.25) is 0 Å². The molecule has 0 unspecified atom stereocenters. The van der Waals surface area contributed by atoms with Crippen LogP contribution in [0.4, 0.5) is 0 Å². The van der Waals surface area contributed by atoms with Crippen LogP contribution in [0.3, 0.4) is 0 Å². The van der Waals surface area contributed by atoms with Crippen LogP contribution in [0.5, 0.6) is 0 Å². The van der Waals surface area contributed by atoms with E-state index in [0.29, 0.717) is 0 Å². The summed E-state index contributed by atoms with van der Waals surface area (Å²) in [5.41, 5.74) is 2.16. The summed E-state index contributed by atoms with van der Waals surface area (Å²) < 4.78 is 4.03. The third-order valence-electron chi connectivity index (χ3n) is 3.70. The molecule has 0 aromatic carbocycles. The Morgan fingerprint density at radius 1 is 0.800 bits per heavy atom. The summed E-state index contributed by atoms with van der Waals surface area (Å²) in [5.74, 6) is 0. The lowest BCUT2D eigenvalue weighted by atomic mass is 10.3. The summed E-state index contributed by atoms with van der Waals surface area (Å²) in [7, 11) is 0. The molecule has 0 bridgehead atoms. The lowest BCUT2D eigenvalue weighted by Crippen LogP contribution is -2.47. The fourth-order valence-electron chi connectivity index (χ4n) is 2.57. The summed E-state index contributed by atoms with van der Waals surface area (Å²) in [6.45, 7) is 10.2. The van der Waals surface area contributed by atoms with Crippen LogP contribution in [-0.2, 0) is 13.3 Å². The number of rotatable bonds is 4. The first kappa shape index (κ1) is 13.3. The predicted octanol–water partition coefficient (Wildman–Crippen LogP) is 0.929. The summed E-state index contributed by atoms with van der Waals surface area (Å²) in [6.07, 6.45) is 4.10. The molecule has 3 heterocycles. The lowest BCUT2D eigenvalue weighted by molar-refractivity contribution is 0.0803. The van der Waals surface area contributed by atoms with Crippen molar-refractivity contribution in [3.63, 3.8) is 0 Å². The Labute approximate surface area is 119 Å². The molecule has 1 fully saturated rings. The smallest absolute Gasteiger partial charge is 0.0929 e. The third kappa shape index (κ3) is 3.26. The van der Waals surface area contributed by atoms with Gasteiger partial charge in [0.1, 0.15) is 0 Å². The molecule has 6 heteroatoms. The molecule has 1 saturated heterocycles. The Morgan fingerprint density at radius 2 is 1.20 bits per heavy atom. The second-order valence-electron chi connectivity index (χ2n) is 5.51. The first-order valence-corrected chi connectivity index (χ1v) is 7.14. The molecule has 0 atom stereocenters. The van der Waals surface area contributed by atoms with E-state index in [1.807, 2.05) is 35.6 Å². The molecule has 6 nitrogen and oxygen atoms in total. The number of nitrogens with zero attached hydrogens (tertiary/aromatic N) is 6. The Morgan fingerprint density at radius 3 is 1.50 bits per heavy atom. The van der Waals surface area contributed by atoms with Crippen molar-refractivity contribution in [2.24, 2.45) is 0 Å². The maximum absolute atomic E-state index is 4.44. The minimum Gasteiger partial charge on any atom is -0.282 e. The fraction of sp³-hybridized carbons (Fsp3) is 0.571. The molecule has 108 valence electrons. The molecule has 20 heavy (non-hydrogen) atoms. The van der Waals surface area contributed by atoms with Crippen molar-refractivity contribution in [3.05, 3.63) is 35.9 Å². The first-order valence-electron chi connectivity index (χ1n) is 7.14. The van der Waals surface area contributed by atoms with E-state index in [4.69, 9.17) is 0 Å². The normalized spacial score (nSPS) is 17.7. The van der Waals surface area contributed by atoms with E-state index in [0.717, 1.165) is 50.9 Å². The van der Waals surface area contributed by atoms with Gasteiger partial charge in [0.05, 0.1) is 24.7 Å². The molecular formula is C14H22N6. The zero-order valence-corrected chi connectivity index (χ0v) is 12.2.